The van der Waals surface area contributed by atoms with Crippen molar-refractivity contribution in [2.45, 2.75) is 44.2 Å². The van der Waals surface area contributed by atoms with Crippen molar-refractivity contribution in [1.82, 2.24) is 14.7 Å². The molecular formula is C13H20N4O2S. The van der Waals surface area contributed by atoms with Crippen molar-refractivity contribution in [3.63, 3.8) is 0 Å². The van der Waals surface area contributed by atoms with Crippen LogP contribution in [0.5, 0.6) is 0 Å². The summed E-state index contributed by atoms with van der Waals surface area (Å²) >= 11 is 1.38. The maximum atomic E-state index is 12.2. The van der Waals surface area contributed by atoms with Gasteiger partial charge in [-0.2, -0.15) is 4.37 Å². The van der Waals surface area contributed by atoms with Crippen molar-refractivity contribution in [1.29, 1.82) is 0 Å². The van der Waals surface area contributed by atoms with E-state index in [1.54, 1.807) is 7.11 Å². The molecule has 1 aliphatic carbocycles. The number of methoxy groups -OCH3 is 1. The van der Waals surface area contributed by atoms with Crippen molar-refractivity contribution >= 4 is 22.6 Å². The first kappa shape index (κ1) is 13.8. The number of hydrogen-bond donors (Lipinski definition) is 1. The number of aromatic nitrogens is 2. The van der Waals surface area contributed by atoms with Crippen LogP contribution in [-0.2, 0) is 16.0 Å². The van der Waals surface area contributed by atoms with Crippen LogP contribution in [0.2, 0.25) is 0 Å². The standard InChI is InChI=1S/C13H20N4O2S/c1-19-8-6-11-15-13(20-16-11)17-7-2-3-10(17)12(18)14-9-4-5-9/h9-10H,2-8H2,1H3,(H,14,18). The Bertz CT molecular complexity index is 475. The molecule has 0 aromatic carbocycles. The number of ether oxygens (including phenoxy) is 1. The third kappa shape index (κ3) is 3.09. The van der Waals surface area contributed by atoms with Gasteiger partial charge in [-0.05, 0) is 25.7 Å². The average Bonchev–Trinajstić information content (AvgIpc) is 2.96. The topological polar surface area (TPSA) is 67.3 Å². The molecule has 1 saturated heterocycles. The number of carbonyl (C=O) groups is 1. The number of nitrogens with one attached hydrogen (secondary N) is 1. The van der Waals surface area contributed by atoms with Crippen molar-refractivity contribution in [2.75, 3.05) is 25.2 Å². The second-order valence-electron chi connectivity index (χ2n) is 5.37. The molecule has 7 heteroatoms. The SMILES string of the molecule is COCCc1nsc(N2CCCC2C(=O)NC2CC2)n1. The molecule has 1 aliphatic heterocycles. The zero-order valence-corrected chi connectivity index (χ0v) is 12.5. The molecule has 2 heterocycles. The highest BCUT2D eigenvalue weighted by Gasteiger charge is 2.35. The molecule has 1 atom stereocenters. The van der Waals surface area contributed by atoms with E-state index in [0.29, 0.717) is 12.6 Å². The van der Waals surface area contributed by atoms with Crippen LogP contribution in [0.3, 0.4) is 0 Å². The van der Waals surface area contributed by atoms with Gasteiger partial charge in [0.15, 0.2) is 0 Å². The fourth-order valence-corrected chi connectivity index (χ4v) is 3.24. The lowest BCUT2D eigenvalue weighted by Crippen LogP contribution is -2.44. The summed E-state index contributed by atoms with van der Waals surface area (Å²) in [5, 5.41) is 3.96. The number of hydrogen-bond acceptors (Lipinski definition) is 6. The van der Waals surface area contributed by atoms with E-state index in [4.69, 9.17) is 4.74 Å². The summed E-state index contributed by atoms with van der Waals surface area (Å²) in [6.45, 7) is 1.52. The Morgan fingerprint density at radius 1 is 1.50 bits per heavy atom. The lowest BCUT2D eigenvalue weighted by Gasteiger charge is -2.22. The van der Waals surface area contributed by atoms with Gasteiger partial charge in [0.05, 0.1) is 6.61 Å². The van der Waals surface area contributed by atoms with Gasteiger partial charge in [-0.3, -0.25) is 4.79 Å². The van der Waals surface area contributed by atoms with Gasteiger partial charge in [0.2, 0.25) is 11.0 Å². The normalized spacial score (nSPS) is 22.2. The fourth-order valence-electron chi connectivity index (χ4n) is 2.45. The molecule has 110 valence electrons. The summed E-state index contributed by atoms with van der Waals surface area (Å²) in [5.41, 5.74) is 0. The largest absolute Gasteiger partial charge is 0.384 e. The van der Waals surface area contributed by atoms with E-state index in [2.05, 4.69) is 19.6 Å². The molecule has 3 rings (SSSR count). The molecule has 1 saturated carbocycles. The molecule has 1 aromatic rings. The van der Waals surface area contributed by atoms with Gasteiger partial charge < -0.3 is 15.0 Å². The first-order valence-electron chi connectivity index (χ1n) is 7.16. The quantitative estimate of drug-likeness (QED) is 0.847. The summed E-state index contributed by atoms with van der Waals surface area (Å²) in [6, 6.07) is 0.343. The van der Waals surface area contributed by atoms with Crippen molar-refractivity contribution < 1.29 is 9.53 Å². The number of amides is 1. The van der Waals surface area contributed by atoms with Crippen LogP contribution in [-0.4, -0.2) is 47.6 Å². The Morgan fingerprint density at radius 3 is 3.10 bits per heavy atom. The highest BCUT2D eigenvalue weighted by molar-refractivity contribution is 7.09. The summed E-state index contributed by atoms with van der Waals surface area (Å²) < 4.78 is 9.38. The Kier molecular flexibility index (Phi) is 4.16. The second-order valence-corrected chi connectivity index (χ2v) is 6.10. The molecule has 0 bridgehead atoms. The molecule has 1 aromatic heterocycles. The first-order valence-corrected chi connectivity index (χ1v) is 7.94. The lowest BCUT2D eigenvalue weighted by molar-refractivity contribution is -0.122. The molecule has 1 amide bonds. The van der Waals surface area contributed by atoms with E-state index in [0.717, 1.165) is 49.6 Å². The molecular weight excluding hydrogens is 276 g/mol. The Balaban J connectivity index is 1.64. The van der Waals surface area contributed by atoms with Crippen LogP contribution in [0.25, 0.3) is 0 Å². The minimum atomic E-state index is -0.0705. The van der Waals surface area contributed by atoms with E-state index in [-0.39, 0.29) is 11.9 Å². The molecule has 2 fully saturated rings. The monoisotopic (exact) mass is 296 g/mol. The number of anilines is 1. The van der Waals surface area contributed by atoms with Gasteiger partial charge in [-0.15, -0.1) is 0 Å². The Labute approximate surface area is 122 Å². The average molecular weight is 296 g/mol. The fraction of sp³-hybridized carbons (Fsp3) is 0.769. The summed E-state index contributed by atoms with van der Waals surface area (Å²) in [7, 11) is 1.67. The number of rotatable bonds is 6. The van der Waals surface area contributed by atoms with Crippen LogP contribution in [0.1, 0.15) is 31.5 Å². The molecule has 2 aliphatic rings. The third-order valence-corrected chi connectivity index (χ3v) is 4.50. The van der Waals surface area contributed by atoms with Gasteiger partial charge in [0, 0.05) is 37.6 Å². The van der Waals surface area contributed by atoms with Crippen LogP contribution < -0.4 is 10.2 Å². The van der Waals surface area contributed by atoms with Gasteiger partial charge in [-0.25, -0.2) is 4.98 Å². The highest BCUT2D eigenvalue weighted by atomic mass is 32.1. The van der Waals surface area contributed by atoms with Gasteiger partial charge >= 0.3 is 0 Å². The molecule has 1 unspecified atom stereocenters. The summed E-state index contributed by atoms with van der Waals surface area (Å²) in [5.74, 6) is 0.957. The molecule has 0 spiro atoms. The van der Waals surface area contributed by atoms with Crippen molar-refractivity contribution in [3.05, 3.63) is 5.82 Å². The van der Waals surface area contributed by atoms with Gasteiger partial charge in [-0.1, -0.05) is 0 Å². The number of nitrogens with zero attached hydrogens (tertiary/aromatic N) is 3. The molecule has 0 radical (unpaired) electrons. The van der Waals surface area contributed by atoms with Gasteiger partial charge in [0.1, 0.15) is 11.9 Å². The van der Waals surface area contributed by atoms with Crippen molar-refractivity contribution in [3.8, 4) is 0 Å². The maximum absolute atomic E-state index is 12.2. The van der Waals surface area contributed by atoms with Gasteiger partial charge in [0.25, 0.3) is 0 Å². The van der Waals surface area contributed by atoms with Crippen LogP contribution in [0, 0.1) is 0 Å². The molecule has 1 N–H and O–H groups in total. The minimum Gasteiger partial charge on any atom is -0.384 e. The minimum absolute atomic E-state index is 0.0705. The van der Waals surface area contributed by atoms with Crippen LogP contribution in [0.15, 0.2) is 0 Å². The van der Waals surface area contributed by atoms with Crippen LogP contribution >= 0.6 is 11.5 Å². The molecule has 20 heavy (non-hydrogen) atoms. The Morgan fingerprint density at radius 2 is 2.35 bits per heavy atom. The Hall–Kier alpha value is -1.21. The zero-order valence-electron chi connectivity index (χ0n) is 11.7. The highest BCUT2D eigenvalue weighted by Crippen LogP contribution is 2.28. The van der Waals surface area contributed by atoms with E-state index in [1.807, 2.05) is 0 Å². The van der Waals surface area contributed by atoms with E-state index in [9.17, 15) is 4.79 Å². The number of carbonyl (C=O) groups excluding carboxylic acids is 1. The first-order chi connectivity index (χ1) is 9.78. The second kappa shape index (κ2) is 6.05. The molecule has 6 nitrogen and oxygen atoms in total. The van der Waals surface area contributed by atoms with E-state index < -0.39 is 0 Å². The smallest absolute Gasteiger partial charge is 0.243 e. The predicted octanol–water partition coefficient (Wildman–Crippen LogP) is 0.974. The zero-order chi connectivity index (χ0) is 13.9. The summed E-state index contributed by atoms with van der Waals surface area (Å²) in [6.07, 6.45) is 4.91. The van der Waals surface area contributed by atoms with Crippen LogP contribution in [0.4, 0.5) is 5.13 Å². The van der Waals surface area contributed by atoms with E-state index in [1.165, 1.54) is 11.5 Å². The lowest BCUT2D eigenvalue weighted by atomic mass is 10.2. The third-order valence-electron chi connectivity index (χ3n) is 3.71. The van der Waals surface area contributed by atoms with Crippen molar-refractivity contribution in [2.24, 2.45) is 0 Å². The van der Waals surface area contributed by atoms with E-state index >= 15 is 0 Å². The summed E-state index contributed by atoms with van der Waals surface area (Å²) in [4.78, 5) is 18.9. The maximum Gasteiger partial charge on any atom is 0.243 e. The predicted molar refractivity (Wildman–Crippen MR) is 77.0 cm³/mol.